The van der Waals surface area contributed by atoms with Crippen molar-refractivity contribution >= 4 is 27.7 Å². The van der Waals surface area contributed by atoms with Gasteiger partial charge in [0.25, 0.3) is 0 Å². The summed E-state index contributed by atoms with van der Waals surface area (Å²) >= 11 is 3.47. The molecule has 0 aliphatic carbocycles. The second-order valence-electron chi connectivity index (χ2n) is 7.85. The first-order valence-electron chi connectivity index (χ1n) is 10.9. The normalized spacial score (nSPS) is 11.6. The Labute approximate surface area is 198 Å². The third-order valence-electron chi connectivity index (χ3n) is 5.49. The van der Waals surface area contributed by atoms with Gasteiger partial charge in [0.2, 0.25) is 11.8 Å². The van der Waals surface area contributed by atoms with Crippen molar-refractivity contribution < 1.29 is 9.59 Å². The number of likely N-dealkylation sites (N-methyl/N-ethyl adjacent to an activating group) is 1. The van der Waals surface area contributed by atoms with Crippen LogP contribution < -0.4 is 5.32 Å². The number of carbonyl (C=O) groups is 2. The van der Waals surface area contributed by atoms with Crippen molar-refractivity contribution in [3.63, 3.8) is 0 Å². The molecule has 2 amide bonds. The maximum Gasteiger partial charge on any atom is 0.243 e. The minimum Gasteiger partial charge on any atom is -0.355 e. The van der Waals surface area contributed by atoms with E-state index in [9.17, 15) is 9.59 Å². The Bertz CT molecular complexity index is 1040. The molecule has 0 bridgehead atoms. The lowest BCUT2D eigenvalue weighted by Crippen LogP contribution is -2.51. The second-order valence-corrected chi connectivity index (χ2v) is 8.77. The van der Waals surface area contributed by atoms with Crippen molar-refractivity contribution in [1.29, 1.82) is 0 Å². The highest BCUT2D eigenvalue weighted by Crippen LogP contribution is 2.19. The minimum atomic E-state index is -0.600. The van der Waals surface area contributed by atoms with Crippen LogP contribution in [-0.2, 0) is 29.0 Å². The van der Waals surface area contributed by atoms with Gasteiger partial charge in [-0.3, -0.25) is 9.59 Å². The van der Waals surface area contributed by atoms with Crippen LogP contribution in [0.4, 0.5) is 0 Å². The van der Waals surface area contributed by atoms with Crippen LogP contribution >= 0.6 is 15.9 Å². The standard InChI is InChI=1S/C27H29BrN2O2/c1-3-29-27(32)25(17-21-10-5-4-6-11-21)30(19-22-13-15-24(28)16-14-22)26(31)18-23-12-8-7-9-20(23)2/h4-16,25H,3,17-19H2,1-2H3,(H,29,32)/t25-/m0/s1. The first-order valence-corrected chi connectivity index (χ1v) is 11.7. The molecule has 0 aromatic heterocycles. The van der Waals surface area contributed by atoms with E-state index >= 15 is 0 Å². The first kappa shape index (κ1) is 23.7. The molecule has 5 heteroatoms. The molecule has 1 atom stereocenters. The molecule has 0 radical (unpaired) electrons. The first-order chi connectivity index (χ1) is 15.5. The summed E-state index contributed by atoms with van der Waals surface area (Å²) in [6.45, 7) is 4.79. The van der Waals surface area contributed by atoms with Crippen molar-refractivity contribution in [2.24, 2.45) is 0 Å². The van der Waals surface area contributed by atoms with E-state index in [-0.39, 0.29) is 18.2 Å². The number of nitrogens with one attached hydrogen (secondary N) is 1. The summed E-state index contributed by atoms with van der Waals surface area (Å²) in [5, 5.41) is 2.93. The van der Waals surface area contributed by atoms with Crippen LogP contribution in [0.1, 0.15) is 29.2 Å². The summed E-state index contributed by atoms with van der Waals surface area (Å²) < 4.78 is 0.976. The Hall–Kier alpha value is -2.92. The fraction of sp³-hybridized carbons (Fsp3) is 0.259. The average Bonchev–Trinajstić information content (AvgIpc) is 2.79. The zero-order valence-corrected chi connectivity index (χ0v) is 20.1. The fourth-order valence-corrected chi connectivity index (χ4v) is 3.97. The molecule has 0 unspecified atom stereocenters. The van der Waals surface area contributed by atoms with E-state index in [2.05, 4.69) is 21.2 Å². The van der Waals surface area contributed by atoms with Gasteiger partial charge in [-0.2, -0.15) is 0 Å². The zero-order chi connectivity index (χ0) is 22.9. The predicted octanol–water partition coefficient (Wildman–Crippen LogP) is 5.08. The van der Waals surface area contributed by atoms with Crippen LogP contribution in [0.5, 0.6) is 0 Å². The largest absolute Gasteiger partial charge is 0.355 e. The summed E-state index contributed by atoms with van der Waals surface area (Å²) in [5.74, 6) is -0.194. The zero-order valence-electron chi connectivity index (χ0n) is 18.6. The average molecular weight is 493 g/mol. The lowest BCUT2D eigenvalue weighted by atomic mass is 10.0. The van der Waals surface area contributed by atoms with Gasteiger partial charge in [0.1, 0.15) is 6.04 Å². The van der Waals surface area contributed by atoms with Gasteiger partial charge in [-0.1, -0.05) is 82.7 Å². The lowest BCUT2D eigenvalue weighted by Gasteiger charge is -2.31. The molecule has 0 fully saturated rings. The van der Waals surface area contributed by atoms with Gasteiger partial charge in [-0.25, -0.2) is 0 Å². The molecule has 0 saturated carbocycles. The monoisotopic (exact) mass is 492 g/mol. The van der Waals surface area contributed by atoms with Gasteiger partial charge in [0.05, 0.1) is 6.42 Å². The van der Waals surface area contributed by atoms with E-state index in [4.69, 9.17) is 0 Å². The maximum atomic E-state index is 13.6. The summed E-state index contributed by atoms with van der Waals surface area (Å²) in [4.78, 5) is 28.5. The van der Waals surface area contributed by atoms with Crippen LogP contribution in [0.25, 0.3) is 0 Å². The number of benzene rings is 3. The second kappa shape index (κ2) is 11.6. The molecule has 0 spiro atoms. The van der Waals surface area contributed by atoms with E-state index in [1.165, 1.54) is 0 Å². The van der Waals surface area contributed by atoms with Gasteiger partial charge in [-0.15, -0.1) is 0 Å². The summed E-state index contributed by atoms with van der Waals surface area (Å²) in [7, 11) is 0. The maximum absolute atomic E-state index is 13.6. The van der Waals surface area contributed by atoms with Crippen LogP contribution in [-0.4, -0.2) is 29.3 Å². The Morgan fingerprint density at radius 2 is 1.56 bits per heavy atom. The van der Waals surface area contributed by atoms with E-state index in [0.29, 0.717) is 19.5 Å². The molecule has 3 rings (SSSR count). The van der Waals surface area contributed by atoms with Crippen molar-refractivity contribution in [3.05, 3.63) is 106 Å². The van der Waals surface area contributed by atoms with Gasteiger partial charge in [0, 0.05) is 24.0 Å². The minimum absolute atomic E-state index is 0.0607. The number of aryl methyl sites for hydroxylation is 1. The van der Waals surface area contributed by atoms with E-state index < -0.39 is 6.04 Å². The quantitative estimate of drug-likeness (QED) is 0.452. The highest BCUT2D eigenvalue weighted by molar-refractivity contribution is 9.10. The molecule has 32 heavy (non-hydrogen) atoms. The van der Waals surface area contributed by atoms with E-state index in [1.807, 2.05) is 92.7 Å². The molecule has 1 N–H and O–H groups in total. The van der Waals surface area contributed by atoms with Crippen LogP contribution in [0.15, 0.2) is 83.3 Å². The Balaban J connectivity index is 1.95. The summed E-state index contributed by atoms with van der Waals surface area (Å²) in [5.41, 5.74) is 4.05. The SMILES string of the molecule is CCNC(=O)[C@H](Cc1ccccc1)N(Cc1ccc(Br)cc1)C(=O)Cc1ccccc1C. The topological polar surface area (TPSA) is 49.4 Å². The Kier molecular flexibility index (Phi) is 8.63. The van der Waals surface area contributed by atoms with Crippen LogP contribution in [0.3, 0.4) is 0 Å². The molecule has 0 aliphatic heterocycles. The molecule has 0 saturated heterocycles. The molecule has 4 nitrogen and oxygen atoms in total. The van der Waals surface area contributed by atoms with Gasteiger partial charge in [-0.05, 0) is 48.2 Å². The number of hydrogen-bond donors (Lipinski definition) is 1. The molecule has 0 aliphatic rings. The summed E-state index contributed by atoms with van der Waals surface area (Å²) in [6, 6.07) is 25.0. The predicted molar refractivity (Wildman–Crippen MR) is 132 cm³/mol. The molecular weight excluding hydrogens is 464 g/mol. The van der Waals surface area contributed by atoms with Crippen molar-refractivity contribution in [2.75, 3.05) is 6.54 Å². The van der Waals surface area contributed by atoms with Crippen molar-refractivity contribution in [3.8, 4) is 0 Å². The molecule has 166 valence electrons. The van der Waals surface area contributed by atoms with Gasteiger partial charge < -0.3 is 10.2 Å². The smallest absolute Gasteiger partial charge is 0.243 e. The Morgan fingerprint density at radius 1 is 0.906 bits per heavy atom. The van der Waals surface area contributed by atoms with Crippen molar-refractivity contribution in [2.45, 2.75) is 39.3 Å². The lowest BCUT2D eigenvalue weighted by molar-refractivity contribution is -0.140. The van der Waals surface area contributed by atoms with Crippen LogP contribution in [0, 0.1) is 6.92 Å². The third-order valence-corrected chi connectivity index (χ3v) is 6.02. The molecule has 3 aromatic rings. The highest BCUT2D eigenvalue weighted by Gasteiger charge is 2.30. The summed E-state index contributed by atoms with van der Waals surface area (Å²) in [6.07, 6.45) is 0.719. The number of rotatable bonds is 9. The van der Waals surface area contributed by atoms with Gasteiger partial charge in [0.15, 0.2) is 0 Å². The highest BCUT2D eigenvalue weighted by atomic mass is 79.9. The fourth-order valence-electron chi connectivity index (χ4n) is 3.71. The van der Waals surface area contributed by atoms with Crippen molar-refractivity contribution in [1.82, 2.24) is 10.2 Å². The number of nitrogens with zero attached hydrogens (tertiary/aromatic N) is 1. The number of hydrogen-bond acceptors (Lipinski definition) is 2. The number of carbonyl (C=O) groups excluding carboxylic acids is 2. The molecule has 3 aromatic carbocycles. The third kappa shape index (κ3) is 6.54. The number of halogens is 1. The van der Waals surface area contributed by atoms with Gasteiger partial charge >= 0.3 is 0 Å². The molecule has 0 heterocycles. The molecular formula is C27H29BrN2O2. The van der Waals surface area contributed by atoms with E-state index in [0.717, 1.165) is 26.7 Å². The number of amides is 2. The van der Waals surface area contributed by atoms with E-state index in [1.54, 1.807) is 4.90 Å². The Morgan fingerprint density at radius 3 is 2.22 bits per heavy atom. The van der Waals surface area contributed by atoms with Crippen LogP contribution in [0.2, 0.25) is 0 Å².